The van der Waals surface area contributed by atoms with Crippen LogP contribution in [0.15, 0.2) is 60.7 Å². The molecule has 0 fully saturated rings. The minimum Gasteiger partial charge on any atom is -0.493 e. The zero-order valence-electron chi connectivity index (χ0n) is 19.0. The lowest BCUT2D eigenvalue weighted by Gasteiger charge is -2.13. The van der Waals surface area contributed by atoms with Gasteiger partial charge in [0, 0.05) is 10.9 Å². The van der Waals surface area contributed by atoms with Gasteiger partial charge in [-0.3, -0.25) is 0 Å². The predicted molar refractivity (Wildman–Crippen MR) is 129 cm³/mol. The molecule has 6 nitrogen and oxygen atoms in total. The fourth-order valence-electron chi connectivity index (χ4n) is 4.22. The Labute approximate surface area is 192 Å². The molecule has 0 saturated carbocycles. The third-order valence-electron chi connectivity index (χ3n) is 5.79. The molecule has 170 valence electrons. The SMILES string of the molecule is COc1cccc(OCCCc2c(C(=O)O)[nH]c3c(-c4ccccc4C)cccc23)c1OC. The van der Waals surface area contributed by atoms with Crippen LogP contribution in [0.5, 0.6) is 17.2 Å². The molecule has 4 aromatic rings. The number of H-pyrrole nitrogens is 1. The van der Waals surface area contributed by atoms with Gasteiger partial charge >= 0.3 is 5.97 Å². The van der Waals surface area contributed by atoms with Crippen molar-refractivity contribution in [2.75, 3.05) is 20.8 Å². The summed E-state index contributed by atoms with van der Waals surface area (Å²) in [6.45, 7) is 2.47. The monoisotopic (exact) mass is 445 g/mol. The van der Waals surface area contributed by atoms with E-state index in [4.69, 9.17) is 14.2 Å². The van der Waals surface area contributed by atoms with Crippen molar-refractivity contribution in [2.45, 2.75) is 19.8 Å². The second-order valence-corrected chi connectivity index (χ2v) is 7.77. The number of rotatable bonds is 9. The number of methoxy groups -OCH3 is 2. The Morgan fingerprint density at radius 1 is 0.909 bits per heavy atom. The van der Waals surface area contributed by atoms with Crippen LogP contribution in [-0.4, -0.2) is 36.9 Å². The molecule has 0 atom stereocenters. The van der Waals surface area contributed by atoms with Crippen molar-refractivity contribution in [2.24, 2.45) is 0 Å². The summed E-state index contributed by atoms with van der Waals surface area (Å²) in [4.78, 5) is 15.2. The van der Waals surface area contributed by atoms with E-state index in [2.05, 4.69) is 24.0 Å². The van der Waals surface area contributed by atoms with Gasteiger partial charge in [-0.15, -0.1) is 0 Å². The standard InChI is InChI=1S/C27H27NO5/c1-17-9-4-5-10-18(17)19-11-6-12-20-21(25(27(29)30)28-24(19)20)13-8-16-33-23-15-7-14-22(31-2)26(23)32-3/h4-7,9-12,14-15,28H,8,13,16H2,1-3H3,(H,29,30). The minimum atomic E-state index is -0.965. The first-order chi connectivity index (χ1) is 16.0. The van der Waals surface area contributed by atoms with Crippen LogP contribution in [-0.2, 0) is 6.42 Å². The summed E-state index contributed by atoms with van der Waals surface area (Å²) in [6.07, 6.45) is 1.20. The number of fused-ring (bicyclic) bond motifs is 1. The summed E-state index contributed by atoms with van der Waals surface area (Å²) in [5, 5.41) is 10.8. The molecule has 0 aliphatic rings. The second kappa shape index (κ2) is 9.69. The number of aromatic carboxylic acids is 1. The normalized spacial score (nSPS) is 10.9. The Morgan fingerprint density at radius 2 is 1.64 bits per heavy atom. The molecule has 33 heavy (non-hydrogen) atoms. The van der Waals surface area contributed by atoms with Gasteiger partial charge in [0.15, 0.2) is 11.5 Å². The van der Waals surface area contributed by atoms with Crippen molar-refractivity contribution in [3.05, 3.63) is 77.5 Å². The maximum Gasteiger partial charge on any atom is 0.352 e. The van der Waals surface area contributed by atoms with Gasteiger partial charge in [0.25, 0.3) is 0 Å². The zero-order valence-corrected chi connectivity index (χ0v) is 19.0. The summed E-state index contributed by atoms with van der Waals surface area (Å²) in [5.74, 6) is 0.771. The van der Waals surface area contributed by atoms with Crippen molar-refractivity contribution >= 4 is 16.9 Å². The molecule has 1 aromatic heterocycles. The van der Waals surface area contributed by atoms with E-state index < -0.39 is 5.97 Å². The van der Waals surface area contributed by atoms with Gasteiger partial charge in [0.1, 0.15) is 5.69 Å². The van der Waals surface area contributed by atoms with Crippen molar-refractivity contribution in [3.63, 3.8) is 0 Å². The van der Waals surface area contributed by atoms with Gasteiger partial charge in [-0.2, -0.15) is 0 Å². The van der Waals surface area contributed by atoms with Crippen molar-refractivity contribution in [3.8, 4) is 28.4 Å². The highest BCUT2D eigenvalue weighted by Gasteiger charge is 2.19. The first kappa shape index (κ1) is 22.3. The number of hydrogen-bond donors (Lipinski definition) is 2. The quantitative estimate of drug-likeness (QED) is 0.315. The molecule has 0 radical (unpaired) electrons. The number of aryl methyl sites for hydroxylation is 2. The van der Waals surface area contributed by atoms with Crippen molar-refractivity contribution in [1.82, 2.24) is 4.98 Å². The van der Waals surface area contributed by atoms with Crippen LogP contribution in [0.25, 0.3) is 22.0 Å². The molecule has 0 saturated heterocycles. The van der Waals surface area contributed by atoms with E-state index in [1.165, 1.54) is 0 Å². The van der Waals surface area contributed by atoms with Crippen molar-refractivity contribution in [1.29, 1.82) is 0 Å². The van der Waals surface area contributed by atoms with Crippen LogP contribution in [0.1, 0.15) is 28.0 Å². The number of ether oxygens (including phenoxy) is 3. The summed E-state index contributed by atoms with van der Waals surface area (Å²) >= 11 is 0. The predicted octanol–water partition coefficient (Wildman–Crippen LogP) is 5.87. The lowest BCUT2D eigenvalue weighted by atomic mass is 9.97. The maximum atomic E-state index is 12.0. The number of para-hydroxylation sites is 2. The number of benzene rings is 3. The Bertz CT molecular complexity index is 1290. The van der Waals surface area contributed by atoms with E-state index in [-0.39, 0.29) is 5.69 Å². The van der Waals surface area contributed by atoms with E-state index in [0.29, 0.717) is 36.7 Å². The average Bonchev–Trinajstić information content (AvgIpc) is 3.21. The molecule has 0 aliphatic carbocycles. The number of aromatic amines is 1. The Kier molecular flexibility index (Phi) is 6.54. The Balaban J connectivity index is 1.60. The summed E-state index contributed by atoms with van der Waals surface area (Å²) in [6, 6.07) is 19.5. The zero-order chi connectivity index (χ0) is 23.4. The molecule has 2 N–H and O–H groups in total. The van der Waals surface area contributed by atoms with E-state index in [0.717, 1.165) is 33.2 Å². The van der Waals surface area contributed by atoms with Gasteiger partial charge in [0.05, 0.1) is 26.3 Å². The number of aromatic nitrogens is 1. The molecule has 0 spiro atoms. The molecule has 0 aliphatic heterocycles. The number of carboxylic acids is 1. The molecule has 4 rings (SSSR count). The van der Waals surface area contributed by atoms with E-state index in [1.807, 2.05) is 48.5 Å². The van der Waals surface area contributed by atoms with Crippen LogP contribution in [0, 0.1) is 6.92 Å². The Hall–Kier alpha value is -3.93. The lowest BCUT2D eigenvalue weighted by molar-refractivity contribution is 0.0690. The van der Waals surface area contributed by atoms with E-state index in [1.54, 1.807) is 14.2 Å². The molecule has 0 bridgehead atoms. The third kappa shape index (κ3) is 4.37. The van der Waals surface area contributed by atoms with E-state index >= 15 is 0 Å². The van der Waals surface area contributed by atoms with Gasteiger partial charge < -0.3 is 24.3 Å². The summed E-state index contributed by atoms with van der Waals surface area (Å²) < 4.78 is 16.7. The summed E-state index contributed by atoms with van der Waals surface area (Å²) in [7, 11) is 3.15. The number of nitrogens with one attached hydrogen (secondary N) is 1. The number of carbonyl (C=O) groups is 1. The van der Waals surface area contributed by atoms with Crippen LogP contribution >= 0.6 is 0 Å². The lowest BCUT2D eigenvalue weighted by Crippen LogP contribution is -2.05. The molecule has 3 aromatic carbocycles. The molecular formula is C27H27NO5. The molecule has 0 amide bonds. The van der Waals surface area contributed by atoms with E-state index in [9.17, 15) is 9.90 Å². The minimum absolute atomic E-state index is 0.227. The van der Waals surface area contributed by atoms with Crippen LogP contribution in [0.2, 0.25) is 0 Å². The highest BCUT2D eigenvalue weighted by molar-refractivity contribution is 6.03. The Morgan fingerprint density at radius 3 is 2.36 bits per heavy atom. The van der Waals surface area contributed by atoms with Gasteiger partial charge in [0.2, 0.25) is 5.75 Å². The molecular weight excluding hydrogens is 418 g/mol. The van der Waals surface area contributed by atoms with Crippen LogP contribution in [0.4, 0.5) is 0 Å². The topological polar surface area (TPSA) is 80.8 Å². The van der Waals surface area contributed by atoms with Gasteiger partial charge in [-0.25, -0.2) is 4.79 Å². The third-order valence-corrected chi connectivity index (χ3v) is 5.79. The largest absolute Gasteiger partial charge is 0.493 e. The highest BCUT2D eigenvalue weighted by atomic mass is 16.5. The molecule has 1 heterocycles. The fourth-order valence-corrected chi connectivity index (χ4v) is 4.22. The summed E-state index contributed by atoms with van der Waals surface area (Å²) in [5.41, 5.74) is 5.07. The molecule has 0 unspecified atom stereocenters. The second-order valence-electron chi connectivity index (χ2n) is 7.77. The first-order valence-electron chi connectivity index (χ1n) is 10.8. The van der Waals surface area contributed by atoms with Crippen LogP contribution < -0.4 is 14.2 Å². The number of hydrogen-bond acceptors (Lipinski definition) is 4. The van der Waals surface area contributed by atoms with Gasteiger partial charge in [-0.1, -0.05) is 48.5 Å². The van der Waals surface area contributed by atoms with Gasteiger partial charge in [-0.05, 0) is 48.6 Å². The van der Waals surface area contributed by atoms with Crippen LogP contribution in [0.3, 0.4) is 0 Å². The maximum absolute atomic E-state index is 12.0. The fraction of sp³-hybridized carbons (Fsp3) is 0.222. The first-order valence-corrected chi connectivity index (χ1v) is 10.8. The molecule has 6 heteroatoms. The smallest absolute Gasteiger partial charge is 0.352 e. The van der Waals surface area contributed by atoms with Crippen molar-refractivity contribution < 1.29 is 24.1 Å². The highest BCUT2D eigenvalue weighted by Crippen LogP contribution is 2.37. The average molecular weight is 446 g/mol. The number of carboxylic acid groups (broad SMARTS) is 1.